The fourth-order valence-corrected chi connectivity index (χ4v) is 4.66. The van der Waals surface area contributed by atoms with E-state index in [1.165, 1.54) is 21.3 Å². The lowest BCUT2D eigenvalue weighted by molar-refractivity contribution is -0.121. The number of anilines is 2. The van der Waals surface area contributed by atoms with E-state index in [4.69, 9.17) is 4.74 Å². The van der Waals surface area contributed by atoms with Gasteiger partial charge in [0.15, 0.2) is 6.61 Å². The van der Waals surface area contributed by atoms with Crippen molar-refractivity contribution in [2.45, 2.75) is 13.3 Å². The van der Waals surface area contributed by atoms with E-state index in [1.54, 1.807) is 12.1 Å². The van der Waals surface area contributed by atoms with Crippen LogP contribution in [0.2, 0.25) is 0 Å². The first-order valence-corrected chi connectivity index (χ1v) is 10.7. The van der Waals surface area contributed by atoms with Gasteiger partial charge in [-0.15, -0.1) is 0 Å². The molecule has 0 spiro atoms. The molecular formula is C20H22N2O5S. The number of sulfonamides is 1. The van der Waals surface area contributed by atoms with Crippen LogP contribution in [0.4, 0.5) is 11.4 Å². The lowest BCUT2D eigenvalue weighted by Gasteiger charge is -2.20. The third-order valence-corrected chi connectivity index (χ3v) is 6.37. The van der Waals surface area contributed by atoms with Crippen LogP contribution in [0.1, 0.15) is 23.7 Å². The normalized spacial score (nSPS) is 15.2. The molecule has 1 heterocycles. The second kappa shape index (κ2) is 8.43. The number of esters is 1. The van der Waals surface area contributed by atoms with E-state index in [-0.39, 0.29) is 23.8 Å². The summed E-state index contributed by atoms with van der Waals surface area (Å²) in [5.41, 5.74) is 1.52. The number of carbonyl (C=O) groups excluding carboxylic acids is 2. The van der Waals surface area contributed by atoms with Gasteiger partial charge < -0.3 is 9.64 Å². The van der Waals surface area contributed by atoms with Crippen LogP contribution < -0.4 is 9.21 Å². The number of hydrogen-bond acceptors (Lipinski definition) is 5. The van der Waals surface area contributed by atoms with E-state index in [9.17, 15) is 18.0 Å². The Balaban J connectivity index is 1.61. The molecule has 0 atom stereocenters. The highest BCUT2D eigenvalue weighted by Gasteiger charge is 2.28. The Hall–Kier alpha value is -2.87. The molecule has 1 amide bonds. The van der Waals surface area contributed by atoms with Gasteiger partial charge in [0.25, 0.3) is 5.91 Å². The fourth-order valence-electron chi connectivity index (χ4n) is 3.09. The summed E-state index contributed by atoms with van der Waals surface area (Å²) in [7, 11) is -3.27. The average molecular weight is 402 g/mol. The molecule has 0 radical (unpaired) electrons. The second-order valence-corrected chi connectivity index (χ2v) is 8.35. The van der Waals surface area contributed by atoms with Gasteiger partial charge in [-0.05, 0) is 49.7 Å². The molecule has 7 nitrogen and oxygen atoms in total. The van der Waals surface area contributed by atoms with Crippen LogP contribution in [0, 0.1) is 0 Å². The minimum absolute atomic E-state index is 0.133. The van der Waals surface area contributed by atoms with Crippen molar-refractivity contribution in [1.82, 2.24) is 0 Å². The van der Waals surface area contributed by atoms with Gasteiger partial charge in [0.2, 0.25) is 10.0 Å². The first-order valence-electron chi connectivity index (χ1n) is 9.05. The molecule has 148 valence electrons. The van der Waals surface area contributed by atoms with Crippen molar-refractivity contribution >= 4 is 33.3 Å². The largest absolute Gasteiger partial charge is 0.452 e. The summed E-state index contributed by atoms with van der Waals surface area (Å²) in [6, 6.07) is 15.3. The van der Waals surface area contributed by atoms with Crippen molar-refractivity contribution in [3.8, 4) is 0 Å². The van der Waals surface area contributed by atoms with Crippen molar-refractivity contribution in [2.24, 2.45) is 0 Å². The summed E-state index contributed by atoms with van der Waals surface area (Å²) in [5, 5.41) is 0. The molecule has 1 fully saturated rings. The zero-order chi connectivity index (χ0) is 20.1. The Morgan fingerprint density at radius 2 is 1.75 bits per heavy atom. The van der Waals surface area contributed by atoms with E-state index in [0.717, 1.165) is 5.69 Å². The topological polar surface area (TPSA) is 84.0 Å². The zero-order valence-corrected chi connectivity index (χ0v) is 16.4. The summed E-state index contributed by atoms with van der Waals surface area (Å²) in [6.45, 7) is 2.37. The molecule has 2 aromatic rings. The second-order valence-electron chi connectivity index (χ2n) is 6.34. The summed E-state index contributed by atoms with van der Waals surface area (Å²) >= 11 is 0. The highest BCUT2D eigenvalue weighted by molar-refractivity contribution is 7.93. The van der Waals surface area contributed by atoms with Gasteiger partial charge in [0, 0.05) is 18.8 Å². The van der Waals surface area contributed by atoms with Crippen molar-refractivity contribution in [3.63, 3.8) is 0 Å². The molecule has 0 saturated carbocycles. The van der Waals surface area contributed by atoms with Crippen molar-refractivity contribution in [3.05, 3.63) is 60.2 Å². The van der Waals surface area contributed by atoms with Gasteiger partial charge >= 0.3 is 5.97 Å². The number of nitrogens with zero attached hydrogens (tertiary/aromatic N) is 2. The maximum Gasteiger partial charge on any atom is 0.338 e. The van der Waals surface area contributed by atoms with Crippen LogP contribution in [0.5, 0.6) is 0 Å². The number of ether oxygens (including phenoxy) is 1. The van der Waals surface area contributed by atoms with Gasteiger partial charge in [-0.3, -0.25) is 9.10 Å². The van der Waals surface area contributed by atoms with E-state index in [0.29, 0.717) is 25.2 Å². The number of rotatable bonds is 6. The number of para-hydroxylation sites is 1. The molecule has 0 aliphatic carbocycles. The summed E-state index contributed by atoms with van der Waals surface area (Å²) < 4.78 is 30.4. The van der Waals surface area contributed by atoms with Gasteiger partial charge in [-0.25, -0.2) is 13.2 Å². The smallest absolute Gasteiger partial charge is 0.338 e. The lowest BCUT2D eigenvalue weighted by atomic mass is 10.2. The Labute approximate surface area is 164 Å². The van der Waals surface area contributed by atoms with E-state index in [2.05, 4.69) is 0 Å². The van der Waals surface area contributed by atoms with Crippen LogP contribution in [0.25, 0.3) is 0 Å². The fraction of sp³-hybridized carbons (Fsp3) is 0.300. The third-order valence-electron chi connectivity index (χ3n) is 4.50. The molecule has 0 aromatic heterocycles. The molecule has 1 aliphatic rings. The highest BCUT2D eigenvalue weighted by Crippen LogP contribution is 2.24. The minimum atomic E-state index is -3.27. The Morgan fingerprint density at radius 3 is 2.32 bits per heavy atom. The first kappa shape index (κ1) is 19.9. The highest BCUT2D eigenvalue weighted by atomic mass is 32.2. The Bertz CT molecular complexity index is 942. The van der Waals surface area contributed by atoms with E-state index in [1.807, 2.05) is 37.3 Å². The number of carbonyl (C=O) groups is 2. The van der Waals surface area contributed by atoms with Crippen LogP contribution in [-0.2, 0) is 19.6 Å². The molecular weight excluding hydrogens is 380 g/mol. The summed E-state index contributed by atoms with van der Waals surface area (Å²) in [5.74, 6) is -0.816. The zero-order valence-electron chi connectivity index (χ0n) is 15.6. The maximum atomic E-state index is 12.4. The van der Waals surface area contributed by atoms with Gasteiger partial charge in [0.1, 0.15) is 0 Å². The van der Waals surface area contributed by atoms with Crippen LogP contribution in [0.15, 0.2) is 54.6 Å². The number of benzene rings is 2. The summed E-state index contributed by atoms with van der Waals surface area (Å²) in [4.78, 5) is 26.2. The molecule has 28 heavy (non-hydrogen) atoms. The monoisotopic (exact) mass is 402 g/mol. The molecule has 8 heteroatoms. The van der Waals surface area contributed by atoms with Crippen molar-refractivity contribution in [2.75, 3.05) is 34.7 Å². The van der Waals surface area contributed by atoms with Crippen LogP contribution >= 0.6 is 0 Å². The average Bonchev–Trinajstić information content (AvgIpc) is 3.06. The Morgan fingerprint density at radius 1 is 1.07 bits per heavy atom. The minimum Gasteiger partial charge on any atom is -0.452 e. The van der Waals surface area contributed by atoms with Gasteiger partial charge in [-0.1, -0.05) is 18.2 Å². The first-order chi connectivity index (χ1) is 13.4. The molecule has 1 saturated heterocycles. The molecule has 3 rings (SSSR count). The van der Waals surface area contributed by atoms with E-state index >= 15 is 0 Å². The van der Waals surface area contributed by atoms with Crippen molar-refractivity contribution < 1.29 is 22.7 Å². The quantitative estimate of drug-likeness (QED) is 0.693. The predicted octanol–water partition coefficient (Wildman–Crippen LogP) is 2.44. The molecule has 0 unspecified atom stereocenters. The standard InChI is InChI=1S/C20H22N2O5S/c1-2-21(17-7-4-3-5-8-17)19(23)15-27-20(24)16-9-11-18(12-10-16)22-13-6-14-28(22,25)26/h3-5,7-12H,2,6,13-15H2,1H3. The van der Waals surface area contributed by atoms with Crippen LogP contribution in [0.3, 0.4) is 0 Å². The number of amides is 1. The maximum absolute atomic E-state index is 12.4. The van der Waals surface area contributed by atoms with Gasteiger partial charge in [-0.2, -0.15) is 0 Å². The third kappa shape index (κ3) is 4.33. The van der Waals surface area contributed by atoms with Crippen molar-refractivity contribution in [1.29, 1.82) is 0 Å². The molecule has 2 aromatic carbocycles. The molecule has 1 aliphatic heterocycles. The molecule has 0 bridgehead atoms. The van der Waals surface area contributed by atoms with Gasteiger partial charge in [0.05, 0.1) is 17.0 Å². The van der Waals surface area contributed by atoms with Crippen LogP contribution in [-0.4, -0.2) is 45.7 Å². The SMILES string of the molecule is CCN(C(=O)COC(=O)c1ccc(N2CCCS2(=O)=O)cc1)c1ccccc1. The number of likely N-dealkylation sites (N-methyl/N-ethyl adjacent to an activating group) is 1. The Kier molecular flexibility index (Phi) is 5.99. The predicted molar refractivity (Wildman–Crippen MR) is 107 cm³/mol. The number of hydrogen-bond donors (Lipinski definition) is 0. The lowest BCUT2D eigenvalue weighted by Crippen LogP contribution is -2.34. The molecule has 0 N–H and O–H groups in total. The van der Waals surface area contributed by atoms with E-state index < -0.39 is 16.0 Å². The summed E-state index contributed by atoms with van der Waals surface area (Å²) in [6.07, 6.45) is 0.587.